The number of hydrogen-bond donors (Lipinski definition) is 0. The lowest BCUT2D eigenvalue weighted by molar-refractivity contribution is 0.669. The molecule has 280 valence electrons. The Morgan fingerprint density at radius 3 is 1.55 bits per heavy atom. The topological polar surface area (TPSA) is 56.7 Å². The zero-order valence-electron chi connectivity index (χ0n) is 32.3. The third-order valence-electron chi connectivity index (χ3n) is 11.6. The van der Waals surface area contributed by atoms with E-state index in [0.717, 1.165) is 77.6 Å². The Labute approximate surface area is 345 Å². The molecule has 0 amide bonds. The summed E-state index contributed by atoms with van der Waals surface area (Å²) in [5, 5.41) is 6.81. The monoisotopic (exact) mass is 766 g/mol. The molecular weight excluding hydrogens is 733 g/mol. The van der Waals surface area contributed by atoms with Gasteiger partial charge in [0.2, 0.25) is 0 Å². The number of para-hydroxylation sites is 2. The van der Waals surface area contributed by atoms with Crippen LogP contribution in [-0.2, 0) is 0 Å². The molecule has 0 fully saturated rings. The Balaban J connectivity index is 1.14. The average molecular weight is 767 g/mol. The zero-order chi connectivity index (χ0) is 39.6. The number of nitrogens with zero attached hydrogens (tertiary/aromatic N) is 4. The highest BCUT2D eigenvalue weighted by molar-refractivity contribution is 6.15. The lowest BCUT2D eigenvalue weighted by atomic mass is 10.0. The lowest BCUT2D eigenvalue weighted by Gasteiger charge is -2.13. The number of furan rings is 1. The van der Waals surface area contributed by atoms with Crippen LogP contribution in [0, 0.1) is 0 Å². The van der Waals surface area contributed by atoms with Gasteiger partial charge in [-0.3, -0.25) is 0 Å². The highest BCUT2D eigenvalue weighted by atomic mass is 16.3. The molecule has 0 aliphatic heterocycles. The van der Waals surface area contributed by atoms with E-state index in [4.69, 9.17) is 19.4 Å². The molecule has 0 unspecified atom stereocenters. The van der Waals surface area contributed by atoms with E-state index in [1.54, 1.807) is 0 Å². The highest BCUT2D eigenvalue weighted by Crippen LogP contribution is 2.41. The van der Waals surface area contributed by atoms with Gasteiger partial charge in [-0.15, -0.1) is 0 Å². The van der Waals surface area contributed by atoms with Crippen LogP contribution in [0.5, 0.6) is 0 Å². The number of benzene rings is 9. The third-order valence-corrected chi connectivity index (χ3v) is 11.6. The second-order valence-corrected chi connectivity index (χ2v) is 15.2. The summed E-state index contributed by atoms with van der Waals surface area (Å²) in [7, 11) is 0. The molecule has 0 radical (unpaired) electrons. The average Bonchev–Trinajstić information content (AvgIpc) is 3.86. The molecule has 0 bridgehead atoms. The van der Waals surface area contributed by atoms with Crippen molar-refractivity contribution in [3.8, 4) is 62.1 Å². The van der Waals surface area contributed by atoms with Crippen molar-refractivity contribution in [2.45, 2.75) is 0 Å². The summed E-state index contributed by atoms with van der Waals surface area (Å²) in [5.74, 6) is 1.69. The van der Waals surface area contributed by atoms with E-state index >= 15 is 0 Å². The molecule has 0 N–H and O–H groups in total. The van der Waals surface area contributed by atoms with Gasteiger partial charge in [0.15, 0.2) is 17.5 Å². The van der Waals surface area contributed by atoms with Crippen LogP contribution in [0.4, 0.5) is 0 Å². The van der Waals surface area contributed by atoms with E-state index in [1.807, 2.05) is 24.3 Å². The predicted molar refractivity (Wildman–Crippen MR) is 246 cm³/mol. The molecule has 0 aliphatic rings. The van der Waals surface area contributed by atoms with Crippen LogP contribution in [0.2, 0.25) is 0 Å². The predicted octanol–water partition coefficient (Wildman–Crippen LogP) is 14.4. The molecule has 0 saturated heterocycles. The van der Waals surface area contributed by atoms with Gasteiger partial charge in [-0.2, -0.15) is 0 Å². The molecule has 5 nitrogen and oxygen atoms in total. The zero-order valence-corrected chi connectivity index (χ0v) is 32.3. The lowest BCUT2D eigenvalue weighted by Crippen LogP contribution is -2.02. The van der Waals surface area contributed by atoms with E-state index in [2.05, 4.69) is 187 Å². The maximum absolute atomic E-state index is 6.78. The summed E-state index contributed by atoms with van der Waals surface area (Å²) in [5.41, 5.74) is 11.8. The maximum atomic E-state index is 6.78. The first-order valence-electron chi connectivity index (χ1n) is 20.2. The third kappa shape index (κ3) is 5.67. The van der Waals surface area contributed by atoms with Crippen LogP contribution < -0.4 is 0 Å². The number of rotatable bonds is 6. The van der Waals surface area contributed by atoms with Crippen molar-refractivity contribution in [1.29, 1.82) is 0 Å². The molecule has 3 aromatic heterocycles. The summed E-state index contributed by atoms with van der Waals surface area (Å²) in [4.78, 5) is 15.9. The van der Waals surface area contributed by atoms with Crippen LogP contribution in [0.25, 0.3) is 117 Å². The fraction of sp³-hybridized carbons (Fsp3) is 0. The molecule has 0 atom stereocenters. The Kier molecular flexibility index (Phi) is 7.78. The minimum absolute atomic E-state index is 0.530. The van der Waals surface area contributed by atoms with Gasteiger partial charge in [-0.1, -0.05) is 158 Å². The maximum Gasteiger partial charge on any atom is 0.167 e. The number of hydrogen-bond acceptors (Lipinski definition) is 4. The van der Waals surface area contributed by atoms with Gasteiger partial charge >= 0.3 is 0 Å². The van der Waals surface area contributed by atoms with Gasteiger partial charge in [-0.25, -0.2) is 15.0 Å². The van der Waals surface area contributed by atoms with Gasteiger partial charge in [0.1, 0.15) is 11.2 Å². The van der Waals surface area contributed by atoms with Crippen molar-refractivity contribution >= 4 is 54.5 Å². The largest absolute Gasteiger partial charge is 0.455 e. The quantitative estimate of drug-likeness (QED) is 0.169. The summed E-state index contributed by atoms with van der Waals surface area (Å²) in [6, 6.07) is 72.2. The van der Waals surface area contributed by atoms with Crippen molar-refractivity contribution < 1.29 is 4.42 Å². The van der Waals surface area contributed by atoms with Crippen LogP contribution in [0.3, 0.4) is 0 Å². The molecule has 9 aromatic carbocycles. The summed E-state index contributed by atoms with van der Waals surface area (Å²) >= 11 is 0. The first kappa shape index (κ1) is 33.9. The van der Waals surface area contributed by atoms with Crippen molar-refractivity contribution in [3.63, 3.8) is 0 Å². The van der Waals surface area contributed by atoms with Crippen molar-refractivity contribution in [3.05, 3.63) is 206 Å². The van der Waals surface area contributed by atoms with E-state index in [1.165, 1.54) is 21.5 Å². The van der Waals surface area contributed by atoms with Crippen LogP contribution in [0.1, 0.15) is 0 Å². The summed E-state index contributed by atoms with van der Waals surface area (Å²) < 4.78 is 9.15. The smallest absolute Gasteiger partial charge is 0.167 e. The fourth-order valence-corrected chi connectivity index (χ4v) is 8.73. The molecule has 0 spiro atoms. The first-order chi connectivity index (χ1) is 29.7. The number of fused-ring (bicyclic) bond motifs is 7. The van der Waals surface area contributed by atoms with Crippen LogP contribution >= 0.6 is 0 Å². The Morgan fingerprint density at radius 1 is 0.333 bits per heavy atom. The molecule has 0 saturated carbocycles. The summed E-state index contributed by atoms with van der Waals surface area (Å²) in [6.45, 7) is 0. The van der Waals surface area contributed by atoms with Crippen LogP contribution in [0.15, 0.2) is 211 Å². The van der Waals surface area contributed by atoms with Crippen LogP contribution in [-0.4, -0.2) is 19.5 Å². The fourth-order valence-electron chi connectivity index (χ4n) is 8.73. The molecule has 12 rings (SSSR count). The molecular formula is C55H34N4O. The Bertz CT molecular complexity index is 3500. The number of aromatic nitrogens is 4. The van der Waals surface area contributed by atoms with Crippen molar-refractivity contribution in [2.75, 3.05) is 0 Å². The second-order valence-electron chi connectivity index (χ2n) is 15.2. The van der Waals surface area contributed by atoms with Gasteiger partial charge in [-0.05, 0) is 81.6 Å². The van der Waals surface area contributed by atoms with Gasteiger partial charge in [0, 0.05) is 38.4 Å². The normalized spacial score (nSPS) is 11.7. The van der Waals surface area contributed by atoms with E-state index in [9.17, 15) is 0 Å². The highest BCUT2D eigenvalue weighted by Gasteiger charge is 2.22. The minimum Gasteiger partial charge on any atom is -0.455 e. The minimum atomic E-state index is 0.530. The summed E-state index contributed by atoms with van der Waals surface area (Å²) in [6.07, 6.45) is 0. The van der Waals surface area contributed by atoms with Gasteiger partial charge in [0.25, 0.3) is 0 Å². The molecule has 0 aliphatic carbocycles. The van der Waals surface area contributed by atoms with E-state index < -0.39 is 0 Å². The van der Waals surface area contributed by atoms with E-state index in [0.29, 0.717) is 17.5 Å². The van der Waals surface area contributed by atoms with Gasteiger partial charge < -0.3 is 8.98 Å². The standard InChI is InChI=1S/C55H34N4O/c1-3-15-35(16-4-1)37-21-13-23-41(29-37)53-56-54(42-24-14-22-38(30-42)36-17-5-2-6-18-36)58-55(57-53)48-34-43(33-47-45-26-10-12-28-51(45)60-52(47)48)59-49-27-11-9-25-44(49)46-31-39-19-7-8-20-40(39)32-50(46)59/h1-34H. The first-order valence-corrected chi connectivity index (χ1v) is 20.2. The molecule has 60 heavy (non-hydrogen) atoms. The SMILES string of the molecule is c1ccc(-c2cccc(-c3nc(-c4cccc(-c5ccccc5)c4)nc(-c4cc(-n5c6ccccc6c6cc7ccccc7cc65)cc5c4oc4ccccc45)n3)c2)cc1. The molecule has 5 heteroatoms. The van der Waals surface area contributed by atoms with Gasteiger partial charge in [0.05, 0.1) is 16.6 Å². The Hall–Kier alpha value is -8.15. The Morgan fingerprint density at radius 2 is 0.867 bits per heavy atom. The second kappa shape index (κ2) is 13.8. The van der Waals surface area contributed by atoms with Crippen molar-refractivity contribution in [1.82, 2.24) is 19.5 Å². The van der Waals surface area contributed by atoms with Crippen molar-refractivity contribution in [2.24, 2.45) is 0 Å². The van der Waals surface area contributed by atoms with E-state index in [-0.39, 0.29) is 0 Å². The molecule has 12 aromatic rings. The molecule has 3 heterocycles.